The summed E-state index contributed by atoms with van der Waals surface area (Å²) < 4.78 is 4.74. The number of hydrogen-bond donors (Lipinski definition) is 0. The molecule has 0 fully saturated rings. The van der Waals surface area contributed by atoms with Gasteiger partial charge in [0.15, 0.2) is 5.78 Å². The summed E-state index contributed by atoms with van der Waals surface area (Å²) >= 11 is 0. The van der Waals surface area contributed by atoms with Gasteiger partial charge in [-0.15, -0.1) is 0 Å². The topological polar surface area (TPSA) is 63.7 Å². The summed E-state index contributed by atoms with van der Waals surface area (Å²) in [5.74, 6) is -1.81. The highest BCUT2D eigenvalue weighted by Crippen LogP contribution is 2.38. The summed E-state index contributed by atoms with van der Waals surface area (Å²) in [6.07, 6.45) is 2.04. The molecule has 114 valence electrons. The number of nitrogens with zero attached hydrogens (tertiary/aromatic N) is 1. The van der Waals surface area contributed by atoms with Crippen molar-refractivity contribution < 1.29 is 19.1 Å². The number of benzene rings is 1. The Morgan fingerprint density at radius 1 is 1.18 bits per heavy atom. The number of esters is 1. The number of allylic oxidation sites excluding steroid dienone is 2. The second-order valence-electron chi connectivity index (χ2n) is 5.49. The van der Waals surface area contributed by atoms with E-state index >= 15 is 0 Å². The van der Waals surface area contributed by atoms with Crippen molar-refractivity contribution >= 4 is 23.3 Å². The predicted molar refractivity (Wildman–Crippen MR) is 79.9 cm³/mol. The van der Waals surface area contributed by atoms with Crippen LogP contribution >= 0.6 is 0 Å². The molecule has 5 heteroatoms. The van der Waals surface area contributed by atoms with Crippen LogP contribution in [0, 0.1) is 5.92 Å². The van der Waals surface area contributed by atoms with Crippen LogP contribution in [0.15, 0.2) is 41.6 Å². The van der Waals surface area contributed by atoms with Crippen LogP contribution in [0.5, 0.6) is 0 Å². The summed E-state index contributed by atoms with van der Waals surface area (Å²) in [7, 11) is 1.26. The lowest BCUT2D eigenvalue weighted by Crippen LogP contribution is -2.45. The van der Waals surface area contributed by atoms with E-state index in [2.05, 4.69) is 0 Å². The number of carbonyl (C=O) groups excluding carboxylic acids is 3. The molecule has 1 unspecified atom stereocenters. The number of para-hydroxylation sites is 1. The van der Waals surface area contributed by atoms with Crippen molar-refractivity contribution in [2.75, 3.05) is 12.0 Å². The van der Waals surface area contributed by atoms with E-state index in [1.54, 1.807) is 12.1 Å². The van der Waals surface area contributed by atoms with E-state index in [1.807, 2.05) is 18.2 Å². The van der Waals surface area contributed by atoms with Crippen LogP contribution in [0.1, 0.15) is 25.7 Å². The average Bonchev–Trinajstić information content (AvgIpc) is 2.55. The minimum atomic E-state index is -0.939. The van der Waals surface area contributed by atoms with Gasteiger partial charge < -0.3 is 4.74 Å². The Bertz CT molecular complexity index is 662. The number of amides is 1. The zero-order valence-corrected chi connectivity index (χ0v) is 12.4. The van der Waals surface area contributed by atoms with E-state index in [1.165, 1.54) is 12.0 Å². The Labute approximate surface area is 128 Å². The highest BCUT2D eigenvalue weighted by molar-refractivity contribution is 6.13. The van der Waals surface area contributed by atoms with E-state index in [0.717, 1.165) is 12.1 Å². The van der Waals surface area contributed by atoms with Gasteiger partial charge in [0.2, 0.25) is 5.91 Å². The zero-order chi connectivity index (χ0) is 15.7. The van der Waals surface area contributed by atoms with Crippen molar-refractivity contribution in [3.8, 4) is 0 Å². The van der Waals surface area contributed by atoms with Crippen LogP contribution in [0.25, 0.3) is 0 Å². The van der Waals surface area contributed by atoms with Gasteiger partial charge >= 0.3 is 5.97 Å². The molecule has 1 aromatic rings. The van der Waals surface area contributed by atoms with Crippen molar-refractivity contribution in [2.45, 2.75) is 25.7 Å². The van der Waals surface area contributed by atoms with E-state index in [0.29, 0.717) is 24.1 Å². The SMILES string of the molecule is COC(=O)C1CC2=C(CCCC2=O)N(c2ccccc2)C1=O. The minimum absolute atomic E-state index is 0.0311. The van der Waals surface area contributed by atoms with Crippen LogP contribution in [0.2, 0.25) is 0 Å². The molecule has 22 heavy (non-hydrogen) atoms. The second-order valence-corrected chi connectivity index (χ2v) is 5.49. The molecule has 1 atom stereocenters. The van der Waals surface area contributed by atoms with Gasteiger partial charge in [-0.2, -0.15) is 0 Å². The third kappa shape index (κ3) is 2.32. The quantitative estimate of drug-likeness (QED) is 0.620. The molecular formula is C17H17NO4. The van der Waals surface area contributed by atoms with E-state index in [4.69, 9.17) is 4.74 Å². The highest BCUT2D eigenvalue weighted by Gasteiger charge is 2.42. The van der Waals surface area contributed by atoms with Crippen LogP contribution in [-0.4, -0.2) is 24.8 Å². The Morgan fingerprint density at radius 2 is 1.91 bits per heavy atom. The molecule has 0 spiro atoms. The van der Waals surface area contributed by atoms with Gasteiger partial charge in [0.1, 0.15) is 5.92 Å². The molecule has 1 aliphatic carbocycles. The maximum atomic E-state index is 12.8. The number of ketones is 1. The van der Waals surface area contributed by atoms with E-state index < -0.39 is 11.9 Å². The Kier molecular flexibility index (Phi) is 3.79. The monoisotopic (exact) mass is 299 g/mol. The van der Waals surface area contributed by atoms with Crippen LogP contribution in [0.4, 0.5) is 5.69 Å². The number of rotatable bonds is 2. The second kappa shape index (κ2) is 5.75. The van der Waals surface area contributed by atoms with Gasteiger partial charge in [-0.25, -0.2) is 0 Å². The summed E-state index contributed by atoms with van der Waals surface area (Å²) in [6.45, 7) is 0. The standard InChI is InChI=1S/C17H17NO4/c1-22-17(21)13-10-12-14(8-5-9-15(12)19)18(16(13)20)11-6-3-2-4-7-11/h2-4,6-7,13H,5,8-10H2,1H3. The fourth-order valence-corrected chi connectivity index (χ4v) is 3.12. The molecule has 0 bridgehead atoms. The first-order valence-corrected chi connectivity index (χ1v) is 7.35. The van der Waals surface area contributed by atoms with Gasteiger partial charge in [0, 0.05) is 23.4 Å². The summed E-state index contributed by atoms with van der Waals surface area (Å²) in [5.41, 5.74) is 2.03. The molecule has 1 heterocycles. The number of Topliss-reactive ketones (excluding diaryl/α,β-unsaturated/α-hetero) is 1. The third-order valence-electron chi connectivity index (χ3n) is 4.20. The van der Waals surface area contributed by atoms with Gasteiger partial charge in [-0.3, -0.25) is 19.3 Å². The van der Waals surface area contributed by atoms with Gasteiger partial charge in [0.25, 0.3) is 0 Å². The first kappa shape index (κ1) is 14.5. The Morgan fingerprint density at radius 3 is 2.59 bits per heavy atom. The molecule has 0 N–H and O–H groups in total. The molecule has 2 aliphatic rings. The van der Waals surface area contributed by atoms with E-state index in [9.17, 15) is 14.4 Å². The largest absolute Gasteiger partial charge is 0.468 e. The van der Waals surface area contributed by atoms with Crippen molar-refractivity contribution in [1.29, 1.82) is 0 Å². The summed E-state index contributed by atoms with van der Waals surface area (Å²) in [5, 5.41) is 0. The highest BCUT2D eigenvalue weighted by atomic mass is 16.5. The lowest BCUT2D eigenvalue weighted by Gasteiger charge is -2.36. The third-order valence-corrected chi connectivity index (χ3v) is 4.20. The first-order chi connectivity index (χ1) is 10.6. The smallest absolute Gasteiger partial charge is 0.318 e. The minimum Gasteiger partial charge on any atom is -0.468 e. The molecule has 1 aromatic carbocycles. The zero-order valence-electron chi connectivity index (χ0n) is 12.4. The predicted octanol–water partition coefficient (Wildman–Crippen LogP) is 2.22. The number of anilines is 1. The fraction of sp³-hybridized carbons (Fsp3) is 0.353. The number of ether oxygens (including phenoxy) is 1. The maximum Gasteiger partial charge on any atom is 0.318 e. The number of hydrogen-bond acceptors (Lipinski definition) is 4. The maximum absolute atomic E-state index is 12.8. The van der Waals surface area contributed by atoms with E-state index in [-0.39, 0.29) is 18.1 Å². The first-order valence-electron chi connectivity index (χ1n) is 7.35. The number of carbonyl (C=O) groups is 3. The Hall–Kier alpha value is -2.43. The van der Waals surface area contributed by atoms with Crippen LogP contribution < -0.4 is 4.90 Å². The van der Waals surface area contributed by atoms with Crippen molar-refractivity contribution in [1.82, 2.24) is 0 Å². The van der Waals surface area contributed by atoms with Gasteiger partial charge in [-0.05, 0) is 31.4 Å². The lowest BCUT2D eigenvalue weighted by molar-refractivity contribution is -0.149. The summed E-state index contributed by atoms with van der Waals surface area (Å²) in [6, 6.07) is 9.13. The molecule has 0 radical (unpaired) electrons. The lowest BCUT2D eigenvalue weighted by atomic mass is 9.83. The van der Waals surface area contributed by atoms with Crippen molar-refractivity contribution in [3.05, 3.63) is 41.6 Å². The molecular weight excluding hydrogens is 282 g/mol. The molecule has 3 rings (SSSR count). The molecule has 1 amide bonds. The fourth-order valence-electron chi connectivity index (χ4n) is 3.12. The molecule has 0 saturated heterocycles. The molecule has 1 aliphatic heterocycles. The van der Waals surface area contributed by atoms with Crippen LogP contribution in [-0.2, 0) is 19.1 Å². The summed E-state index contributed by atoms with van der Waals surface area (Å²) in [4.78, 5) is 38.4. The van der Waals surface area contributed by atoms with Crippen LogP contribution in [0.3, 0.4) is 0 Å². The molecule has 5 nitrogen and oxygen atoms in total. The normalized spacial score (nSPS) is 21.7. The van der Waals surface area contributed by atoms with Crippen molar-refractivity contribution in [2.24, 2.45) is 5.92 Å². The molecule has 0 saturated carbocycles. The van der Waals surface area contributed by atoms with Gasteiger partial charge in [0.05, 0.1) is 7.11 Å². The van der Waals surface area contributed by atoms with Gasteiger partial charge in [-0.1, -0.05) is 18.2 Å². The number of methoxy groups -OCH3 is 1. The van der Waals surface area contributed by atoms with Crippen molar-refractivity contribution in [3.63, 3.8) is 0 Å². The average molecular weight is 299 g/mol. The Balaban J connectivity index is 2.11. The molecule has 0 aromatic heterocycles.